The molecule has 3 aliphatic rings. The Balaban J connectivity index is 1.41. The second kappa shape index (κ2) is 10.1. The fourth-order valence-electron chi connectivity index (χ4n) is 6.02. The summed E-state index contributed by atoms with van der Waals surface area (Å²) >= 11 is 0. The summed E-state index contributed by atoms with van der Waals surface area (Å²) in [6.07, 6.45) is 13.1. The Kier molecular flexibility index (Phi) is 7.17. The number of carbonyl (C=O) groups is 2. The molecule has 0 spiro atoms. The van der Waals surface area contributed by atoms with Gasteiger partial charge in [0.2, 0.25) is 0 Å². The highest BCUT2D eigenvalue weighted by molar-refractivity contribution is 6.06. The average Bonchev–Trinajstić information content (AvgIpc) is 3.03. The molecule has 1 aromatic carbocycles. The maximum Gasteiger partial charge on any atom is 0.257 e. The third-order valence-corrected chi connectivity index (χ3v) is 7.85. The Bertz CT molecular complexity index is 833. The highest BCUT2D eigenvalue weighted by atomic mass is 16.2. The molecule has 1 heterocycles. The minimum atomic E-state index is -0.716. The van der Waals surface area contributed by atoms with Crippen molar-refractivity contribution in [2.45, 2.75) is 88.6 Å². The van der Waals surface area contributed by atoms with Gasteiger partial charge in [-0.25, -0.2) is 4.99 Å². The van der Waals surface area contributed by atoms with Crippen molar-refractivity contribution in [3.63, 3.8) is 0 Å². The number of guanidine groups is 1. The number of amides is 2. The highest BCUT2D eigenvalue weighted by Crippen LogP contribution is 2.40. The van der Waals surface area contributed by atoms with Gasteiger partial charge in [0, 0.05) is 18.7 Å². The number of nitrogens with two attached hydrogens (primary N) is 1. The molecular weight excluding hydrogens is 400 g/mol. The van der Waals surface area contributed by atoms with Crippen LogP contribution < -0.4 is 11.1 Å². The van der Waals surface area contributed by atoms with Gasteiger partial charge in [0.1, 0.15) is 5.54 Å². The molecule has 3 N–H and O–H groups in total. The zero-order valence-electron chi connectivity index (χ0n) is 19.4. The van der Waals surface area contributed by atoms with Crippen LogP contribution in [-0.4, -0.2) is 41.3 Å². The predicted molar refractivity (Wildman–Crippen MR) is 127 cm³/mol. The van der Waals surface area contributed by atoms with E-state index in [9.17, 15) is 9.59 Å². The van der Waals surface area contributed by atoms with Crippen LogP contribution in [0.15, 0.2) is 35.3 Å². The van der Waals surface area contributed by atoms with Crippen molar-refractivity contribution in [1.82, 2.24) is 10.2 Å². The van der Waals surface area contributed by atoms with Gasteiger partial charge in [-0.1, -0.05) is 63.1 Å². The van der Waals surface area contributed by atoms with Gasteiger partial charge in [-0.2, -0.15) is 0 Å². The van der Waals surface area contributed by atoms with E-state index < -0.39 is 5.54 Å². The predicted octanol–water partition coefficient (Wildman–Crippen LogP) is 4.25. The molecule has 6 heteroatoms. The summed E-state index contributed by atoms with van der Waals surface area (Å²) < 4.78 is 0. The van der Waals surface area contributed by atoms with Gasteiger partial charge in [0.05, 0.1) is 0 Å². The molecule has 2 amide bonds. The van der Waals surface area contributed by atoms with Crippen LogP contribution in [0.1, 0.15) is 87.4 Å². The molecule has 32 heavy (non-hydrogen) atoms. The molecule has 174 valence electrons. The van der Waals surface area contributed by atoms with E-state index in [1.54, 1.807) is 11.9 Å². The highest BCUT2D eigenvalue weighted by Gasteiger charge is 2.48. The Hall–Kier alpha value is -2.37. The fourth-order valence-corrected chi connectivity index (χ4v) is 6.02. The number of hydrogen-bond donors (Lipinski definition) is 2. The number of likely N-dealkylation sites (N-methyl/N-ethyl adjacent to an activating group) is 1. The number of benzene rings is 1. The van der Waals surface area contributed by atoms with Crippen LogP contribution in [0.3, 0.4) is 0 Å². The maximum atomic E-state index is 13.3. The van der Waals surface area contributed by atoms with Crippen molar-refractivity contribution in [2.75, 3.05) is 7.05 Å². The van der Waals surface area contributed by atoms with Gasteiger partial charge in [-0.3, -0.25) is 14.5 Å². The number of carbonyl (C=O) groups excluding carboxylic acids is 2. The molecule has 4 rings (SSSR count). The van der Waals surface area contributed by atoms with E-state index >= 15 is 0 Å². The molecule has 0 saturated heterocycles. The topological polar surface area (TPSA) is 87.8 Å². The van der Waals surface area contributed by atoms with Crippen molar-refractivity contribution < 1.29 is 9.59 Å². The van der Waals surface area contributed by atoms with E-state index in [0.29, 0.717) is 23.4 Å². The first-order valence-electron chi connectivity index (χ1n) is 12.5. The van der Waals surface area contributed by atoms with Gasteiger partial charge in [0.15, 0.2) is 5.96 Å². The first-order valence-corrected chi connectivity index (χ1v) is 12.5. The van der Waals surface area contributed by atoms with Crippen LogP contribution in [0.5, 0.6) is 0 Å². The van der Waals surface area contributed by atoms with E-state index in [1.807, 2.05) is 30.3 Å². The molecule has 1 aliphatic heterocycles. The van der Waals surface area contributed by atoms with Crippen LogP contribution in [0.2, 0.25) is 0 Å². The summed E-state index contributed by atoms with van der Waals surface area (Å²) in [7, 11) is 1.74. The van der Waals surface area contributed by atoms with E-state index in [-0.39, 0.29) is 17.9 Å². The van der Waals surface area contributed by atoms with Crippen molar-refractivity contribution in [2.24, 2.45) is 22.6 Å². The zero-order valence-corrected chi connectivity index (χ0v) is 19.4. The summed E-state index contributed by atoms with van der Waals surface area (Å²) in [5, 5.41) is 3.22. The lowest BCUT2D eigenvalue weighted by atomic mass is 9.74. The van der Waals surface area contributed by atoms with Crippen LogP contribution >= 0.6 is 0 Å². The van der Waals surface area contributed by atoms with Crippen LogP contribution in [0, 0.1) is 11.8 Å². The van der Waals surface area contributed by atoms with Gasteiger partial charge in [-0.15, -0.1) is 0 Å². The number of nitrogens with one attached hydrogen (secondary N) is 1. The number of hydrogen-bond acceptors (Lipinski definition) is 4. The average molecular weight is 439 g/mol. The Labute approximate surface area is 192 Å². The van der Waals surface area contributed by atoms with Crippen LogP contribution in [0.25, 0.3) is 0 Å². The SMILES string of the molecule is CN1C(=O)[C@@](CCC2CCCCC2)(C[C@H]2CCC[C@@H](NC(=O)c3ccccc3)C2)N=C1N. The van der Waals surface area contributed by atoms with Gasteiger partial charge in [0.25, 0.3) is 11.8 Å². The third-order valence-electron chi connectivity index (χ3n) is 7.85. The standard InChI is InChI=1S/C26H38N4O2/c1-30-24(32)26(29-25(30)27,16-15-19-9-4-2-5-10-19)18-20-11-8-14-22(17-20)28-23(31)21-12-6-3-7-13-21/h3,6-7,12-13,19-20,22H,2,4-5,8-11,14-18H2,1H3,(H2,27,29)(H,28,31)/t20-,22+,26+/m0/s1. The second-order valence-electron chi connectivity index (χ2n) is 10.2. The summed E-state index contributed by atoms with van der Waals surface area (Å²) in [6, 6.07) is 9.54. The van der Waals surface area contributed by atoms with E-state index in [0.717, 1.165) is 44.9 Å². The van der Waals surface area contributed by atoms with Gasteiger partial charge < -0.3 is 11.1 Å². The lowest BCUT2D eigenvalue weighted by Crippen LogP contribution is -2.45. The lowest BCUT2D eigenvalue weighted by molar-refractivity contribution is -0.131. The first-order chi connectivity index (χ1) is 15.5. The summed E-state index contributed by atoms with van der Waals surface area (Å²) in [4.78, 5) is 32.2. The molecular formula is C26H38N4O2. The third kappa shape index (κ3) is 5.16. The number of nitrogens with zero attached hydrogens (tertiary/aromatic N) is 2. The lowest BCUT2D eigenvalue weighted by Gasteiger charge is -2.35. The monoisotopic (exact) mass is 438 g/mol. The van der Waals surface area contributed by atoms with Crippen molar-refractivity contribution in [1.29, 1.82) is 0 Å². The molecule has 0 unspecified atom stereocenters. The van der Waals surface area contributed by atoms with Crippen LogP contribution in [0.4, 0.5) is 0 Å². The number of aliphatic imine (C=N–C) groups is 1. The normalized spacial score (nSPS) is 29.1. The smallest absolute Gasteiger partial charge is 0.257 e. The van der Waals surface area contributed by atoms with Gasteiger partial charge >= 0.3 is 0 Å². The van der Waals surface area contributed by atoms with E-state index in [2.05, 4.69) is 5.32 Å². The molecule has 1 aromatic rings. The van der Waals surface area contributed by atoms with Crippen LogP contribution in [-0.2, 0) is 4.79 Å². The maximum absolute atomic E-state index is 13.3. The minimum Gasteiger partial charge on any atom is -0.369 e. The molecule has 2 fully saturated rings. The zero-order chi connectivity index (χ0) is 22.6. The van der Waals surface area contributed by atoms with Crippen molar-refractivity contribution >= 4 is 17.8 Å². The van der Waals surface area contributed by atoms with E-state index in [4.69, 9.17) is 10.7 Å². The largest absolute Gasteiger partial charge is 0.369 e. The molecule has 2 saturated carbocycles. The molecule has 0 radical (unpaired) electrons. The Morgan fingerprint density at radius 3 is 2.50 bits per heavy atom. The Morgan fingerprint density at radius 2 is 1.81 bits per heavy atom. The molecule has 3 atom stereocenters. The molecule has 6 nitrogen and oxygen atoms in total. The number of rotatable bonds is 7. The second-order valence-corrected chi connectivity index (χ2v) is 10.2. The minimum absolute atomic E-state index is 0.0118. The molecule has 0 bridgehead atoms. The summed E-state index contributed by atoms with van der Waals surface area (Å²) in [5.74, 6) is 1.47. The van der Waals surface area contributed by atoms with E-state index in [1.165, 1.54) is 32.1 Å². The van der Waals surface area contributed by atoms with Crippen molar-refractivity contribution in [3.8, 4) is 0 Å². The van der Waals surface area contributed by atoms with Crippen molar-refractivity contribution in [3.05, 3.63) is 35.9 Å². The first kappa shape index (κ1) is 22.8. The quantitative estimate of drug-likeness (QED) is 0.667. The fraction of sp³-hybridized carbons (Fsp3) is 0.654. The molecule has 2 aliphatic carbocycles. The molecule has 0 aromatic heterocycles. The summed E-state index contributed by atoms with van der Waals surface area (Å²) in [5.41, 5.74) is 6.10. The summed E-state index contributed by atoms with van der Waals surface area (Å²) in [6.45, 7) is 0. The van der Waals surface area contributed by atoms with Gasteiger partial charge in [-0.05, 0) is 56.1 Å². The Morgan fingerprint density at radius 1 is 1.09 bits per heavy atom.